The lowest BCUT2D eigenvalue weighted by Crippen LogP contribution is -2.49. The lowest BCUT2D eigenvalue weighted by atomic mass is 10.00. The molecule has 1 saturated heterocycles. The molecule has 5 rings (SSSR count). The van der Waals surface area contributed by atoms with E-state index in [4.69, 9.17) is 4.74 Å². The number of hydrogen-bond acceptors (Lipinski definition) is 6. The Morgan fingerprint density at radius 3 is 2.70 bits per heavy atom. The van der Waals surface area contributed by atoms with E-state index in [1.807, 2.05) is 19.1 Å². The molecule has 1 aliphatic rings. The molecule has 8 nitrogen and oxygen atoms in total. The molecule has 37 heavy (non-hydrogen) atoms. The summed E-state index contributed by atoms with van der Waals surface area (Å²) in [6.07, 6.45) is 5.34. The van der Waals surface area contributed by atoms with Crippen LogP contribution >= 0.6 is 0 Å². The summed E-state index contributed by atoms with van der Waals surface area (Å²) in [5, 5.41) is 6.30. The molecule has 0 unspecified atom stereocenters. The Bertz CT molecular complexity index is 1470. The van der Waals surface area contributed by atoms with Gasteiger partial charge in [-0.05, 0) is 49.4 Å². The Morgan fingerprint density at radius 1 is 1.16 bits per heavy atom. The number of hydrogen-bond donors (Lipinski definition) is 2. The Labute approximate surface area is 213 Å². The van der Waals surface area contributed by atoms with E-state index in [0.717, 1.165) is 24.3 Å². The van der Waals surface area contributed by atoms with Crippen LogP contribution in [0.2, 0.25) is 0 Å². The number of aromatic nitrogens is 3. The molecule has 0 bridgehead atoms. The summed E-state index contributed by atoms with van der Waals surface area (Å²) in [5.41, 5.74) is 3.16. The topological polar surface area (TPSA) is 83.8 Å². The first kappa shape index (κ1) is 24.6. The molecule has 192 valence electrons. The third kappa shape index (κ3) is 4.72. The van der Waals surface area contributed by atoms with Crippen molar-refractivity contribution in [2.75, 3.05) is 39.1 Å². The van der Waals surface area contributed by atoms with Crippen molar-refractivity contribution >= 4 is 23.1 Å². The van der Waals surface area contributed by atoms with Crippen LogP contribution in [0.3, 0.4) is 0 Å². The number of carbonyl (C=O) groups is 1. The van der Waals surface area contributed by atoms with Gasteiger partial charge in [-0.2, -0.15) is 4.39 Å². The minimum Gasteiger partial charge on any atom is -0.494 e. The van der Waals surface area contributed by atoms with E-state index < -0.39 is 11.6 Å². The third-order valence-electron chi connectivity index (χ3n) is 6.66. The van der Waals surface area contributed by atoms with E-state index in [9.17, 15) is 13.6 Å². The van der Waals surface area contributed by atoms with Crippen molar-refractivity contribution in [2.45, 2.75) is 13.3 Å². The predicted molar refractivity (Wildman–Crippen MR) is 137 cm³/mol. The van der Waals surface area contributed by atoms with Crippen LogP contribution in [0.15, 0.2) is 48.9 Å². The molecule has 0 saturated carbocycles. The lowest BCUT2D eigenvalue weighted by Gasteiger charge is -2.36. The molecule has 0 atom stereocenters. The number of likely N-dealkylation sites (tertiary alicyclic amines) is 1. The molecule has 2 N–H and O–H groups in total. The average molecular weight is 507 g/mol. The van der Waals surface area contributed by atoms with Crippen molar-refractivity contribution in [3.8, 4) is 17.0 Å². The number of methoxy groups -OCH3 is 1. The van der Waals surface area contributed by atoms with Crippen LogP contribution in [0.1, 0.15) is 22.8 Å². The maximum Gasteiger partial charge on any atom is 0.251 e. The van der Waals surface area contributed by atoms with Gasteiger partial charge in [-0.15, -0.1) is 0 Å². The summed E-state index contributed by atoms with van der Waals surface area (Å²) in [6.45, 7) is 4.66. The molecule has 3 heterocycles. The van der Waals surface area contributed by atoms with Gasteiger partial charge in [0.1, 0.15) is 0 Å². The smallest absolute Gasteiger partial charge is 0.251 e. The van der Waals surface area contributed by atoms with Gasteiger partial charge in [0.05, 0.1) is 19.0 Å². The highest BCUT2D eigenvalue weighted by Gasteiger charge is 2.24. The normalized spacial score (nSPS) is 14.0. The number of fused-ring (bicyclic) bond motifs is 1. The van der Waals surface area contributed by atoms with Gasteiger partial charge in [0.2, 0.25) is 5.82 Å². The number of nitrogens with zero attached hydrogens (tertiary/aromatic N) is 4. The van der Waals surface area contributed by atoms with Gasteiger partial charge in [0, 0.05) is 54.8 Å². The monoisotopic (exact) mass is 506 g/mol. The van der Waals surface area contributed by atoms with E-state index in [2.05, 4.69) is 32.5 Å². The van der Waals surface area contributed by atoms with E-state index >= 15 is 0 Å². The number of rotatable bonds is 8. The fourth-order valence-electron chi connectivity index (χ4n) is 4.71. The van der Waals surface area contributed by atoms with Gasteiger partial charge in [-0.1, -0.05) is 6.92 Å². The summed E-state index contributed by atoms with van der Waals surface area (Å²) < 4.78 is 35.6. The number of imidazole rings is 1. The molecule has 10 heteroatoms. The zero-order chi connectivity index (χ0) is 26.1. The van der Waals surface area contributed by atoms with Crippen LogP contribution in [0, 0.1) is 17.6 Å². The Balaban J connectivity index is 1.39. The standard InChI is InChI=1S/C27H28F2N6O2/c1-4-17-11-18(5-6-19(17)27(36)32-12-16-14-34(2)15-16)33-25-26-31-13-21(35(26)10-9-30-25)20-7-8-22(37-3)24(29)23(20)28/h5-11,13,16H,4,12,14-15H2,1-3H3,(H,30,33)(H,32,36). The highest BCUT2D eigenvalue weighted by Crippen LogP contribution is 2.31. The van der Waals surface area contributed by atoms with Gasteiger partial charge in [0.15, 0.2) is 23.0 Å². The number of halogens is 2. The molecular weight excluding hydrogens is 478 g/mol. The first-order chi connectivity index (χ1) is 17.9. The number of aryl methyl sites for hydroxylation is 1. The molecule has 1 fully saturated rings. The highest BCUT2D eigenvalue weighted by molar-refractivity contribution is 5.96. The van der Waals surface area contributed by atoms with Crippen LogP contribution in [0.5, 0.6) is 5.75 Å². The zero-order valence-corrected chi connectivity index (χ0v) is 20.9. The van der Waals surface area contributed by atoms with Crippen molar-refractivity contribution in [3.63, 3.8) is 0 Å². The molecule has 2 aromatic carbocycles. The Morgan fingerprint density at radius 2 is 1.97 bits per heavy atom. The number of ether oxygens (including phenoxy) is 1. The first-order valence-electron chi connectivity index (χ1n) is 12.1. The molecular formula is C27H28F2N6O2. The Hall–Kier alpha value is -4.05. The maximum absolute atomic E-state index is 14.8. The largest absolute Gasteiger partial charge is 0.494 e. The minimum absolute atomic E-state index is 0.0557. The second kappa shape index (κ2) is 10.1. The molecule has 0 aliphatic carbocycles. The summed E-state index contributed by atoms with van der Waals surface area (Å²) in [5.74, 6) is -1.38. The van der Waals surface area contributed by atoms with Gasteiger partial charge in [-0.3, -0.25) is 9.20 Å². The third-order valence-corrected chi connectivity index (χ3v) is 6.66. The number of benzene rings is 2. The van der Waals surface area contributed by atoms with E-state index in [0.29, 0.717) is 41.6 Å². The molecule has 0 radical (unpaired) electrons. The van der Waals surface area contributed by atoms with Crippen LogP contribution < -0.4 is 15.4 Å². The van der Waals surface area contributed by atoms with Gasteiger partial charge in [0.25, 0.3) is 5.91 Å². The Kier molecular flexibility index (Phi) is 6.75. The number of carbonyl (C=O) groups excluding carboxylic acids is 1. The summed E-state index contributed by atoms with van der Waals surface area (Å²) >= 11 is 0. The molecule has 0 spiro atoms. The second-order valence-corrected chi connectivity index (χ2v) is 9.20. The maximum atomic E-state index is 14.8. The van der Waals surface area contributed by atoms with Gasteiger partial charge in [-0.25, -0.2) is 14.4 Å². The van der Waals surface area contributed by atoms with Gasteiger partial charge < -0.3 is 20.3 Å². The summed E-state index contributed by atoms with van der Waals surface area (Å²) in [7, 11) is 3.35. The predicted octanol–water partition coefficient (Wildman–Crippen LogP) is 4.28. The van der Waals surface area contributed by atoms with Crippen molar-refractivity contribution in [1.82, 2.24) is 24.6 Å². The van der Waals surface area contributed by atoms with Crippen molar-refractivity contribution in [1.29, 1.82) is 0 Å². The van der Waals surface area contributed by atoms with Crippen LogP contribution in [0.4, 0.5) is 20.3 Å². The summed E-state index contributed by atoms with van der Waals surface area (Å²) in [4.78, 5) is 23.8. The number of anilines is 2. The molecule has 1 aliphatic heterocycles. The van der Waals surface area contributed by atoms with Crippen LogP contribution in [-0.2, 0) is 6.42 Å². The van der Waals surface area contributed by atoms with E-state index in [-0.39, 0.29) is 17.2 Å². The molecule has 2 aromatic heterocycles. The minimum atomic E-state index is -1.06. The lowest BCUT2D eigenvalue weighted by molar-refractivity contribution is 0.0897. The number of nitrogens with one attached hydrogen (secondary N) is 2. The average Bonchev–Trinajstić information content (AvgIpc) is 3.32. The molecule has 4 aromatic rings. The zero-order valence-electron chi connectivity index (χ0n) is 20.9. The SMILES string of the molecule is CCc1cc(Nc2nccn3c(-c4ccc(OC)c(F)c4F)cnc23)ccc1C(=O)NCC1CN(C)C1. The van der Waals surface area contributed by atoms with E-state index in [1.54, 1.807) is 22.9 Å². The van der Waals surface area contributed by atoms with Crippen LogP contribution in [0.25, 0.3) is 16.9 Å². The van der Waals surface area contributed by atoms with Crippen molar-refractivity contribution in [2.24, 2.45) is 5.92 Å². The fraction of sp³-hybridized carbons (Fsp3) is 0.296. The van der Waals surface area contributed by atoms with Crippen molar-refractivity contribution in [3.05, 3.63) is 71.7 Å². The number of amides is 1. The molecule has 1 amide bonds. The second-order valence-electron chi connectivity index (χ2n) is 9.20. The quantitative estimate of drug-likeness (QED) is 0.371. The van der Waals surface area contributed by atoms with E-state index in [1.165, 1.54) is 25.4 Å². The van der Waals surface area contributed by atoms with Gasteiger partial charge >= 0.3 is 0 Å². The van der Waals surface area contributed by atoms with Crippen LogP contribution in [-0.4, -0.2) is 59.0 Å². The summed E-state index contributed by atoms with van der Waals surface area (Å²) in [6, 6.07) is 8.37. The highest BCUT2D eigenvalue weighted by atomic mass is 19.2. The first-order valence-corrected chi connectivity index (χ1v) is 12.1. The van der Waals surface area contributed by atoms with Crippen molar-refractivity contribution < 1.29 is 18.3 Å². The fourth-order valence-corrected chi connectivity index (χ4v) is 4.71.